The van der Waals surface area contributed by atoms with Gasteiger partial charge in [0.25, 0.3) is 17.7 Å². The summed E-state index contributed by atoms with van der Waals surface area (Å²) in [6.45, 7) is 12.6. The second-order valence-corrected chi connectivity index (χ2v) is 14.1. The van der Waals surface area contributed by atoms with Crippen LogP contribution < -0.4 is 21.3 Å². The van der Waals surface area contributed by atoms with Crippen LogP contribution in [-0.4, -0.2) is 96.8 Å². The van der Waals surface area contributed by atoms with Crippen LogP contribution in [0, 0.1) is 13.8 Å². The lowest BCUT2D eigenvalue weighted by molar-refractivity contribution is -0.110. The molecule has 0 aliphatic carbocycles. The Morgan fingerprint density at radius 1 is 0.846 bits per heavy atom. The number of fused-ring (bicyclic) bond motifs is 1. The van der Waals surface area contributed by atoms with Gasteiger partial charge >= 0.3 is 0 Å². The number of likely N-dealkylation sites (tertiary alicyclic amines) is 1. The highest BCUT2D eigenvalue weighted by Gasteiger charge is 2.28. The van der Waals surface area contributed by atoms with Gasteiger partial charge in [-0.1, -0.05) is 30.3 Å². The second kappa shape index (κ2) is 15.6. The number of nitrogens with one attached hydrogen (secondary N) is 5. The van der Waals surface area contributed by atoms with E-state index in [0.29, 0.717) is 34.6 Å². The summed E-state index contributed by atoms with van der Waals surface area (Å²) in [6.07, 6.45) is 4.26. The fraction of sp³-hybridized carbons (Fsp3) is 0.341. The summed E-state index contributed by atoms with van der Waals surface area (Å²) in [5.74, 6) is -0.502. The Morgan fingerprint density at radius 2 is 1.58 bits per heavy atom. The van der Waals surface area contributed by atoms with Crippen molar-refractivity contribution in [1.82, 2.24) is 25.0 Å². The molecule has 0 radical (unpaired) electrons. The molecule has 11 nitrogen and oxygen atoms in total. The van der Waals surface area contributed by atoms with Crippen molar-refractivity contribution in [2.75, 3.05) is 75.4 Å². The van der Waals surface area contributed by atoms with Crippen molar-refractivity contribution in [2.45, 2.75) is 33.2 Å². The molecule has 2 fully saturated rings. The highest BCUT2D eigenvalue weighted by Crippen LogP contribution is 2.40. The number of aryl methyl sites for hydroxylation is 1. The van der Waals surface area contributed by atoms with Gasteiger partial charge in [0, 0.05) is 79.7 Å². The number of carbonyl (C=O) groups excluding carboxylic acids is 3. The average Bonchev–Trinajstić information content (AvgIpc) is 3.84. The van der Waals surface area contributed by atoms with Gasteiger partial charge in [-0.25, -0.2) is 0 Å². The van der Waals surface area contributed by atoms with E-state index >= 15 is 0 Å². The van der Waals surface area contributed by atoms with E-state index in [-0.39, 0.29) is 17.7 Å². The van der Waals surface area contributed by atoms with E-state index < -0.39 is 0 Å². The highest BCUT2D eigenvalue weighted by molar-refractivity contribution is 6.36. The number of piperazine rings is 1. The van der Waals surface area contributed by atoms with E-state index in [2.05, 4.69) is 48.0 Å². The fourth-order valence-corrected chi connectivity index (χ4v) is 7.35. The Morgan fingerprint density at radius 3 is 2.35 bits per heavy atom. The van der Waals surface area contributed by atoms with Crippen molar-refractivity contribution in [3.8, 4) is 0 Å². The van der Waals surface area contributed by atoms with E-state index in [1.807, 2.05) is 86.7 Å². The summed E-state index contributed by atoms with van der Waals surface area (Å²) in [6, 6.07) is 21.1. The molecule has 5 N–H and O–H groups in total. The second-order valence-electron chi connectivity index (χ2n) is 14.1. The molecule has 52 heavy (non-hydrogen) atoms. The maximum Gasteiger partial charge on any atom is 0.256 e. The Kier molecular flexibility index (Phi) is 10.5. The number of para-hydroxylation sites is 1. The van der Waals surface area contributed by atoms with E-state index in [1.165, 1.54) is 18.4 Å². The zero-order valence-electron chi connectivity index (χ0n) is 30.3. The first-order valence-electron chi connectivity index (χ1n) is 18.3. The molecule has 2 saturated heterocycles. The van der Waals surface area contributed by atoms with E-state index in [1.54, 1.807) is 0 Å². The van der Waals surface area contributed by atoms with Crippen LogP contribution in [0.25, 0.3) is 11.6 Å². The number of aromatic nitrogens is 1. The van der Waals surface area contributed by atoms with Gasteiger partial charge < -0.3 is 36.1 Å². The van der Waals surface area contributed by atoms with E-state index in [0.717, 1.165) is 86.2 Å². The van der Waals surface area contributed by atoms with E-state index in [4.69, 9.17) is 0 Å². The zero-order chi connectivity index (χ0) is 36.2. The molecule has 4 aromatic rings. The highest BCUT2D eigenvalue weighted by atomic mass is 16.2. The number of H-pyrrole nitrogens is 1. The quantitative estimate of drug-likeness (QED) is 0.127. The summed E-state index contributed by atoms with van der Waals surface area (Å²) >= 11 is 0. The van der Waals surface area contributed by atoms with Gasteiger partial charge in [0.2, 0.25) is 0 Å². The summed E-state index contributed by atoms with van der Waals surface area (Å²) in [4.78, 5) is 50.1. The third-order valence-electron chi connectivity index (χ3n) is 10.4. The molecule has 0 atom stereocenters. The SMILES string of the molecule is Cc1[nH]c(/C=C2\C(=O)Nc3c(Nc4cccc(NC(=O)c5ccc(CN6CCN(C)CC6)cc5)c4)cccc32)c(C)c1C(=O)NCCN1CCCC1. The zero-order valence-corrected chi connectivity index (χ0v) is 30.3. The number of carbonyl (C=O) groups is 3. The van der Waals surface area contributed by atoms with Crippen LogP contribution in [0.3, 0.4) is 0 Å². The Bertz CT molecular complexity index is 1990. The van der Waals surface area contributed by atoms with Crippen molar-refractivity contribution in [1.29, 1.82) is 0 Å². The molecule has 270 valence electrons. The normalized spacial score (nSPS) is 17.3. The third kappa shape index (κ3) is 7.97. The largest absolute Gasteiger partial charge is 0.358 e. The fourth-order valence-electron chi connectivity index (χ4n) is 7.35. The lowest BCUT2D eigenvalue weighted by Crippen LogP contribution is -2.43. The number of benzene rings is 3. The first-order chi connectivity index (χ1) is 25.2. The number of rotatable bonds is 11. The van der Waals surface area contributed by atoms with Crippen LogP contribution in [0.1, 0.15) is 61.6 Å². The number of hydrogen-bond donors (Lipinski definition) is 5. The molecule has 4 heterocycles. The predicted octanol–water partition coefficient (Wildman–Crippen LogP) is 5.69. The van der Waals surface area contributed by atoms with Crippen molar-refractivity contribution in [3.05, 3.63) is 106 Å². The van der Waals surface area contributed by atoms with Gasteiger partial charge in [-0.15, -0.1) is 0 Å². The molecule has 7 rings (SSSR count). The summed E-state index contributed by atoms with van der Waals surface area (Å²) < 4.78 is 0. The van der Waals surface area contributed by atoms with Crippen molar-refractivity contribution in [3.63, 3.8) is 0 Å². The maximum atomic E-state index is 13.3. The van der Waals surface area contributed by atoms with Gasteiger partial charge in [0.05, 0.1) is 22.5 Å². The molecule has 3 amide bonds. The predicted molar refractivity (Wildman–Crippen MR) is 208 cm³/mol. The molecule has 1 aromatic heterocycles. The molecule has 3 aliphatic rings. The lowest BCUT2D eigenvalue weighted by atomic mass is 10.0. The molecule has 11 heteroatoms. The Hall–Kier alpha value is -5.23. The Balaban J connectivity index is 1.01. The maximum absolute atomic E-state index is 13.3. The molecule has 0 bridgehead atoms. The van der Waals surface area contributed by atoms with Gasteiger partial charge in [0.1, 0.15) is 0 Å². The number of aromatic amines is 1. The minimum atomic E-state index is -0.219. The summed E-state index contributed by atoms with van der Waals surface area (Å²) in [5, 5.41) is 12.6. The van der Waals surface area contributed by atoms with Crippen LogP contribution in [0.5, 0.6) is 0 Å². The summed E-state index contributed by atoms with van der Waals surface area (Å²) in [5.41, 5.74) is 8.80. The molecule has 3 aromatic carbocycles. The minimum Gasteiger partial charge on any atom is -0.358 e. The van der Waals surface area contributed by atoms with Gasteiger partial charge in [0.15, 0.2) is 0 Å². The molecular formula is C41H48N8O3. The Labute approximate surface area is 305 Å². The van der Waals surface area contributed by atoms with Crippen molar-refractivity contribution < 1.29 is 14.4 Å². The van der Waals surface area contributed by atoms with Gasteiger partial charge in [-0.3, -0.25) is 19.3 Å². The average molecular weight is 701 g/mol. The molecule has 0 spiro atoms. The van der Waals surface area contributed by atoms with Gasteiger partial charge in [-0.05, 0) is 100 Å². The standard InChI is InChI=1S/C41H48N8O3/c1-27-36(43-28(2)37(27)41(52)42-16-19-48-17-4-5-18-48)25-34-33-10-7-11-35(38(33)46-40(34)51)44-31-8-6-9-32(24-31)45-39(50)30-14-12-29(13-15-30)26-49-22-20-47(3)21-23-49/h6-15,24-25,43-44H,4-5,16-23,26H2,1-3H3,(H,42,52)(H,45,50)(H,46,51)/b34-25-. The van der Waals surface area contributed by atoms with Crippen LogP contribution in [0.15, 0.2) is 66.7 Å². The molecular weight excluding hydrogens is 653 g/mol. The monoisotopic (exact) mass is 700 g/mol. The third-order valence-corrected chi connectivity index (χ3v) is 10.4. The number of anilines is 4. The van der Waals surface area contributed by atoms with E-state index in [9.17, 15) is 14.4 Å². The van der Waals surface area contributed by atoms with Crippen molar-refractivity contribution >= 4 is 52.1 Å². The molecule has 0 unspecified atom stereocenters. The van der Waals surface area contributed by atoms with Gasteiger partial charge in [-0.2, -0.15) is 0 Å². The summed E-state index contributed by atoms with van der Waals surface area (Å²) in [7, 11) is 2.15. The van der Waals surface area contributed by atoms with Crippen LogP contribution in [0.2, 0.25) is 0 Å². The van der Waals surface area contributed by atoms with Crippen LogP contribution in [-0.2, 0) is 11.3 Å². The van der Waals surface area contributed by atoms with Crippen LogP contribution >= 0.6 is 0 Å². The minimum absolute atomic E-state index is 0.106. The topological polar surface area (TPSA) is 125 Å². The molecule has 0 saturated carbocycles. The number of amides is 3. The first kappa shape index (κ1) is 35.2. The smallest absolute Gasteiger partial charge is 0.256 e. The number of nitrogens with zero attached hydrogens (tertiary/aromatic N) is 3. The van der Waals surface area contributed by atoms with Crippen molar-refractivity contribution in [2.24, 2.45) is 0 Å². The number of likely N-dealkylation sites (N-methyl/N-ethyl adjacent to an activating group) is 1. The first-order valence-corrected chi connectivity index (χ1v) is 18.3. The molecule has 3 aliphatic heterocycles. The lowest BCUT2D eigenvalue weighted by Gasteiger charge is -2.32. The number of hydrogen-bond acceptors (Lipinski definition) is 7. The van der Waals surface area contributed by atoms with Crippen LogP contribution in [0.4, 0.5) is 22.7 Å².